The predicted molar refractivity (Wildman–Crippen MR) is 125 cm³/mol. The lowest BCUT2D eigenvalue weighted by Gasteiger charge is -2.29. The van der Waals surface area contributed by atoms with E-state index in [-0.39, 0.29) is 11.8 Å². The second-order valence-electron chi connectivity index (χ2n) is 8.99. The molecule has 2 fully saturated rings. The van der Waals surface area contributed by atoms with Crippen LogP contribution in [0.5, 0.6) is 0 Å². The molecule has 1 aliphatic heterocycles. The Balaban J connectivity index is 1.34. The van der Waals surface area contributed by atoms with Gasteiger partial charge in [0.05, 0.1) is 23.6 Å². The molecule has 0 unspecified atom stereocenters. The molecule has 3 heterocycles. The minimum Gasteiger partial charge on any atom is -0.366 e. The Morgan fingerprint density at radius 2 is 1.81 bits per heavy atom. The summed E-state index contributed by atoms with van der Waals surface area (Å²) in [6.45, 7) is 2.19. The van der Waals surface area contributed by atoms with Crippen LogP contribution in [0.2, 0.25) is 0 Å². The molecule has 1 saturated heterocycles. The van der Waals surface area contributed by atoms with Gasteiger partial charge in [-0.3, -0.25) is 9.78 Å². The van der Waals surface area contributed by atoms with Crippen LogP contribution in [0.25, 0.3) is 22.2 Å². The van der Waals surface area contributed by atoms with E-state index in [1.54, 1.807) is 12.4 Å². The lowest BCUT2D eigenvalue weighted by Crippen LogP contribution is -2.36. The van der Waals surface area contributed by atoms with E-state index in [1.807, 2.05) is 24.3 Å². The Morgan fingerprint density at radius 3 is 2.62 bits per heavy atom. The van der Waals surface area contributed by atoms with E-state index in [0.717, 1.165) is 79.6 Å². The summed E-state index contributed by atoms with van der Waals surface area (Å²) >= 11 is 0. The molecular weight excluding hydrogens is 402 g/mol. The summed E-state index contributed by atoms with van der Waals surface area (Å²) in [5, 5.41) is 15.8. The van der Waals surface area contributed by atoms with Crippen LogP contribution < -0.4 is 10.6 Å². The number of rotatable bonds is 5. The monoisotopic (exact) mass is 431 g/mol. The van der Waals surface area contributed by atoms with Gasteiger partial charge in [0.25, 0.3) is 0 Å². The third-order valence-electron chi connectivity index (χ3n) is 6.56. The van der Waals surface area contributed by atoms with Crippen molar-refractivity contribution in [1.29, 1.82) is 0 Å². The van der Waals surface area contributed by atoms with Crippen molar-refractivity contribution in [2.75, 3.05) is 30.8 Å². The number of carbonyl (C=O) groups is 1. The average molecular weight is 432 g/mol. The van der Waals surface area contributed by atoms with Crippen molar-refractivity contribution in [2.45, 2.75) is 44.6 Å². The van der Waals surface area contributed by atoms with E-state index in [2.05, 4.69) is 37.8 Å². The maximum absolute atomic E-state index is 12.5. The number of benzene rings is 1. The number of amides is 1. The fourth-order valence-electron chi connectivity index (χ4n) is 4.62. The second kappa shape index (κ2) is 9.16. The molecule has 8 heteroatoms. The predicted octanol–water partition coefficient (Wildman–Crippen LogP) is 3.72. The van der Waals surface area contributed by atoms with Gasteiger partial charge in [0.2, 0.25) is 5.91 Å². The third kappa shape index (κ3) is 4.70. The second-order valence-corrected chi connectivity index (χ2v) is 8.99. The van der Waals surface area contributed by atoms with Gasteiger partial charge in [-0.1, -0.05) is 18.9 Å². The van der Waals surface area contributed by atoms with Crippen molar-refractivity contribution in [3.05, 3.63) is 36.7 Å². The highest BCUT2D eigenvalue weighted by Gasteiger charge is 2.23. The molecular formula is C24H29N7O. The number of hydrogen-bond donors (Lipinski definition) is 2. The first-order valence-electron chi connectivity index (χ1n) is 11.5. The molecule has 32 heavy (non-hydrogen) atoms. The van der Waals surface area contributed by atoms with Crippen LogP contribution in [0.3, 0.4) is 0 Å². The van der Waals surface area contributed by atoms with Crippen LogP contribution in [0.15, 0.2) is 36.7 Å². The van der Waals surface area contributed by atoms with Crippen molar-refractivity contribution < 1.29 is 4.79 Å². The molecule has 166 valence electrons. The van der Waals surface area contributed by atoms with Gasteiger partial charge < -0.3 is 15.5 Å². The lowest BCUT2D eigenvalue weighted by molar-refractivity contribution is -0.119. The van der Waals surface area contributed by atoms with E-state index >= 15 is 0 Å². The smallest absolute Gasteiger partial charge is 0.228 e. The summed E-state index contributed by atoms with van der Waals surface area (Å²) in [6.07, 6.45) is 9.92. The number of aromatic nitrogens is 4. The highest BCUT2D eigenvalue weighted by Crippen LogP contribution is 2.27. The SMILES string of the molecule is CN1CCC(Nc2cncc(-c3ccc4nnc(NC(=O)C5CCCC5)cc4c3)n2)CC1. The van der Waals surface area contributed by atoms with Crippen LogP contribution in [0.4, 0.5) is 11.6 Å². The lowest BCUT2D eigenvalue weighted by atomic mass is 10.1. The fourth-order valence-corrected chi connectivity index (χ4v) is 4.62. The maximum Gasteiger partial charge on any atom is 0.228 e. The zero-order chi connectivity index (χ0) is 21.9. The highest BCUT2D eigenvalue weighted by molar-refractivity contribution is 5.94. The van der Waals surface area contributed by atoms with Crippen molar-refractivity contribution in [3.63, 3.8) is 0 Å². The Morgan fingerprint density at radius 1 is 1.00 bits per heavy atom. The summed E-state index contributed by atoms with van der Waals surface area (Å²) in [4.78, 5) is 24.0. The Labute approximate surface area is 187 Å². The molecule has 0 radical (unpaired) electrons. The number of piperidine rings is 1. The summed E-state index contributed by atoms with van der Waals surface area (Å²) in [7, 11) is 2.16. The molecule has 1 aromatic carbocycles. The number of nitrogens with zero attached hydrogens (tertiary/aromatic N) is 5. The van der Waals surface area contributed by atoms with Gasteiger partial charge in [-0.15, -0.1) is 10.2 Å². The molecule has 5 rings (SSSR count). The minimum absolute atomic E-state index is 0.0471. The van der Waals surface area contributed by atoms with Gasteiger partial charge in [-0.05, 0) is 64.0 Å². The zero-order valence-corrected chi connectivity index (χ0v) is 18.4. The van der Waals surface area contributed by atoms with Crippen molar-refractivity contribution >= 4 is 28.4 Å². The maximum atomic E-state index is 12.5. The number of fused-ring (bicyclic) bond motifs is 1. The topological polar surface area (TPSA) is 95.9 Å². The van der Waals surface area contributed by atoms with Crippen LogP contribution in [0.1, 0.15) is 38.5 Å². The standard InChI is InChI=1S/C24H29N7O/c1-31-10-8-19(9-11-31)26-23-15-25-14-21(27-23)17-6-7-20-18(12-17)13-22(30-29-20)28-24(32)16-4-2-3-5-16/h6-7,12-16,19H,2-5,8-11H2,1H3,(H,26,27)(H,28,30,32). The molecule has 2 N–H and O–H groups in total. The Bertz CT molecular complexity index is 1100. The molecule has 0 atom stereocenters. The fraction of sp³-hybridized carbons (Fsp3) is 0.458. The van der Waals surface area contributed by atoms with Crippen LogP contribution in [0, 0.1) is 5.92 Å². The molecule has 1 saturated carbocycles. The molecule has 1 aliphatic carbocycles. The van der Waals surface area contributed by atoms with Gasteiger partial charge in [-0.2, -0.15) is 0 Å². The Hall–Kier alpha value is -3.13. The summed E-state index contributed by atoms with van der Waals surface area (Å²) in [6, 6.07) is 8.25. The number of hydrogen-bond acceptors (Lipinski definition) is 7. The van der Waals surface area contributed by atoms with Crippen LogP contribution in [-0.4, -0.2) is 57.2 Å². The van der Waals surface area contributed by atoms with Gasteiger partial charge >= 0.3 is 0 Å². The van der Waals surface area contributed by atoms with Crippen molar-refractivity contribution in [3.8, 4) is 11.3 Å². The molecule has 1 amide bonds. The van der Waals surface area contributed by atoms with Crippen LogP contribution in [-0.2, 0) is 4.79 Å². The summed E-state index contributed by atoms with van der Waals surface area (Å²) in [5.41, 5.74) is 2.54. The van der Waals surface area contributed by atoms with Crippen molar-refractivity contribution in [2.24, 2.45) is 5.92 Å². The molecule has 0 spiro atoms. The van der Waals surface area contributed by atoms with Crippen LogP contribution >= 0.6 is 0 Å². The number of carbonyl (C=O) groups excluding carboxylic acids is 1. The normalized spacial score (nSPS) is 18.2. The molecule has 8 nitrogen and oxygen atoms in total. The molecule has 2 aliphatic rings. The van der Waals surface area contributed by atoms with E-state index in [9.17, 15) is 4.79 Å². The third-order valence-corrected chi connectivity index (χ3v) is 6.56. The van der Waals surface area contributed by atoms with Crippen molar-refractivity contribution in [1.82, 2.24) is 25.1 Å². The molecule has 0 bridgehead atoms. The Kier molecular flexibility index (Phi) is 5.94. The number of likely N-dealkylation sites (tertiary alicyclic amines) is 1. The van der Waals surface area contributed by atoms with Gasteiger partial charge in [0.1, 0.15) is 5.82 Å². The first kappa shape index (κ1) is 20.8. The van der Waals surface area contributed by atoms with Gasteiger partial charge in [0, 0.05) is 22.9 Å². The highest BCUT2D eigenvalue weighted by atomic mass is 16.2. The molecule has 3 aromatic rings. The summed E-state index contributed by atoms with van der Waals surface area (Å²) < 4.78 is 0. The average Bonchev–Trinajstić information content (AvgIpc) is 3.36. The van der Waals surface area contributed by atoms with E-state index in [0.29, 0.717) is 11.9 Å². The number of nitrogens with one attached hydrogen (secondary N) is 2. The minimum atomic E-state index is 0.0471. The zero-order valence-electron chi connectivity index (χ0n) is 18.4. The van der Waals surface area contributed by atoms with E-state index in [4.69, 9.17) is 4.98 Å². The number of anilines is 2. The van der Waals surface area contributed by atoms with E-state index < -0.39 is 0 Å². The quantitative estimate of drug-likeness (QED) is 0.635. The van der Waals surface area contributed by atoms with Gasteiger partial charge in [-0.25, -0.2) is 4.98 Å². The van der Waals surface area contributed by atoms with E-state index in [1.165, 1.54) is 0 Å². The summed E-state index contributed by atoms with van der Waals surface area (Å²) in [5.74, 6) is 1.43. The largest absolute Gasteiger partial charge is 0.366 e. The molecule has 2 aromatic heterocycles. The van der Waals surface area contributed by atoms with Gasteiger partial charge in [0.15, 0.2) is 5.82 Å². The first-order valence-corrected chi connectivity index (χ1v) is 11.5. The first-order chi connectivity index (χ1) is 15.6.